The molecule has 2 aliphatic rings. The number of rotatable bonds is 8. The van der Waals surface area contributed by atoms with Crippen LogP contribution in [-0.2, 0) is 25.7 Å². The molecule has 3 N–H and O–H groups in total. The lowest BCUT2D eigenvalue weighted by Gasteiger charge is -2.43. The summed E-state index contributed by atoms with van der Waals surface area (Å²) in [7, 11) is 0. The van der Waals surface area contributed by atoms with Gasteiger partial charge in [0.1, 0.15) is 12.0 Å². The van der Waals surface area contributed by atoms with Crippen LogP contribution in [0.1, 0.15) is 19.4 Å². The Labute approximate surface area is 180 Å². The number of carbonyl (C=O) groups is 3. The first kappa shape index (κ1) is 22.1. The molecule has 4 atom stereocenters. The van der Waals surface area contributed by atoms with Crippen LogP contribution in [0.15, 0.2) is 34.2 Å². The minimum absolute atomic E-state index is 0.0203. The molecule has 0 aromatic heterocycles. The Kier molecular flexibility index (Phi) is 6.38. The Morgan fingerprint density at radius 2 is 2.00 bits per heavy atom. The minimum atomic E-state index is -0.887. The number of hydrogen-bond donors (Lipinski definition) is 2. The van der Waals surface area contributed by atoms with Crippen LogP contribution >= 0.6 is 23.5 Å². The van der Waals surface area contributed by atoms with Crippen LogP contribution in [0.2, 0.25) is 0 Å². The number of amides is 2. The number of aliphatic hydroxyl groups is 1. The van der Waals surface area contributed by atoms with Crippen LogP contribution in [0.3, 0.4) is 0 Å². The van der Waals surface area contributed by atoms with Gasteiger partial charge in [-0.1, -0.05) is 11.8 Å². The normalized spacial score (nSPS) is 22.2. The molecule has 3 rings (SSSR count). The number of β-lactam (4-membered cyclic amide) rings is 1. The molecule has 0 radical (unpaired) electrons. The van der Waals surface area contributed by atoms with Gasteiger partial charge in [-0.3, -0.25) is 24.6 Å². The van der Waals surface area contributed by atoms with Gasteiger partial charge >= 0.3 is 5.97 Å². The molecular weight excluding hydrogens is 434 g/mol. The fourth-order valence-corrected chi connectivity index (χ4v) is 5.97. The summed E-state index contributed by atoms with van der Waals surface area (Å²) in [6.45, 7) is 2.94. The van der Waals surface area contributed by atoms with Crippen molar-refractivity contribution >= 4 is 47.0 Å². The summed E-state index contributed by atoms with van der Waals surface area (Å²) in [5, 5.41) is 19.5. The maximum Gasteiger partial charge on any atom is 0.357 e. The topological polar surface area (TPSA) is 153 Å². The first-order valence-corrected chi connectivity index (χ1v) is 10.7. The summed E-state index contributed by atoms with van der Waals surface area (Å²) in [6.07, 6.45) is -0.887. The van der Waals surface area contributed by atoms with E-state index in [1.165, 1.54) is 47.9 Å². The molecule has 1 aromatic rings. The molecule has 1 aromatic carbocycles. The minimum Gasteiger partial charge on any atom is -0.456 e. The average molecular weight is 453 g/mol. The van der Waals surface area contributed by atoms with Crippen molar-refractivity contribution in [2.24, 2.45) is 11.7 Å². The van der Waals surface area contributed by atoms with Crippen molar-refractivity contribution in [3.8, 4) is 0 Å². The number of aliphatic hydroxyl groups excluding tert-OH is 1. The highest BCUT2D eigenvalue weighted by molar-refractivity contribution is 8.23. The van der Waals surface area contributed by atoms with Crippen molar-refractivity contribution < 1.29 is 29.2 Å². The smallest absolute Gasteiger partial charge is 0.357 e. The fraction of sp³-hybridized carbons (Fsp3) is 0.389. The quantitative estimate of drug-likeness (QED) is 0.257. The van der Waals surface area contributed by atoms with E-state index in [4.69, 9.17) is 10.5 Å². The van der Waals surface area contributed by atoms with E-state index >= 15 is 0 Å². The van der Waals surface area contributed by atoms with Crippen molar-refractivity contribution in [2.45, 2.75) is 37.2 Å². The van der Waals surface area contributed by atoms with E-state index in [0.717, 1.165) is 11.8 Å². The lowest BCUT2D eigenvalue weighted by molar-refractivity contribution is -0.384. The standard InChI is InChI=1S/C18H19N3O7S2/c1-8(22)12-15(24)20-13(18(30-16(12)20)29-9(2)14(19)23)17(25)28-7-10-3-5-11(6-4-10)21(26)27/h3-6,8-9,12,16,22H,7H2,1-2H3,(H2,19,23)/t8-,9?,12+,16-/m1/s1. The summed E-state index contributed by atoms with van der Waals surface area (Å²) >= 11 is 2.27. The Hall–Kier alpha value is -2.57. The summed E-state index contributed by atoms with van der Waals surface area (Å²) in [6, 6.07) is 5.53. The number of ether oxygens (including phenoxy) is 1. The van der Waals surface area contributed by atoms with E-state index in [0.29, 0.717) is 9.80 Å². The van der Waals surface area contributed by atoms with Crippen LogP contribution < -0.4 is 5.73 Å². The first-order valence-electron chi connectivity index (χ1n) is 8.90. The number of nitrogens with two attached hydrogens (primary N) is 1. The van der Waals surface area contributed by atoms with Crippen LogP contribution in [0.25, 0.3) is 0 Å². The number of hydrogen-bond acceptors (Lipinski definition) is 9. The van der Waals surface area contributed by atoms with Gasteiger partial charge in [0.05, 0.1) is 26.4 Å². The number of nitrogens with zero attached hydrogens (tertiary/aromatic N) is 2. The van der Waals surface area contributed by atoms with Gasteiger partial charge in [-0.05, 0) is 31.5 Å². The number of carbonyl (C=O) groups excluding carboxylic acids is 3. The number of nitro benzene ring substituents is 1. The molecule has 2 heterocycles. The molecule has 0 spiro atoms. The second kappa shape index (κ2) is 8.66. The largest absolute Gasteiger partial charge is 0.456 e. The predicted molar refractivity (Wildman–Crippen MR) is 110 cm³/mol. The van der Waals surface area contributed by atoms with Gasteiger partial charge in [-0.2, -0.15) is 0 Å². The van der Waals surface area contributed by atoms with E-state index in [1.807, 2.05) is 0 Å². The van der Waals surface area contributed by atoms with Crippen LogP contribution in [0.4, 0.5) is 5.69 Å². The van der Waals surface area contributed by atoms with E-state index in [-0.39, 0.29) is 18.0 Å². The molecule has 0 bridgehead atoms. The molecule has 1 unspecified atom stereocenters. The number of benzene rings is 1. The highest BCUT2D eigenvalue weighted by Crippen LogP contribution is 2.54. The van der Waals surface area contributed by atoms with Crippen molar-refractivity contribution in [3.05, 3.63) is 49.9 Å². The highest BCUT2D eigenvalue weighted by atomic mass is 32.2. The van der Waals surface area contributed by atoms with Gasteiger partial charge in [0.15, 0.2) is 5.70 Å². The number of fused-ring (bicyclic) bond motifs is 1. The molecule has 2 amide bonds. The van der Waals surface area contributed by atoms with Crippen molar-refractivity contribution in [1.82, 2.24) is 4.90 Å². The summed E-state index contributed by atoms with van der Waals surface area (Å²) < 4.78 is 5.74. The third-order valence-electron chi connectivity index (χ3n) is 4.66. The number of thioether (sulfide) groups is 2. The van der Waals surface area contributed by atoms with Gasteiger partial charge in [0.2, 0.25) is 11.8 Å². The summed E-state index contributed by atoms with van der Waals surface area (Å²) in [4.78, 5) is 48.2. The predicted octanol–water partition coefficient (Wildman–Crippen LogP) is 1.33. The Morgan fingerprint density at radius 3 is 2.53 bits per heavy atom. The van der Waals surface area contributed by atoms with Crippen molar-refractivity contribution in [3.63, 3.8) is 0 Å². The van der Waals surface area contributed by atoms with Crippen LogP contribution in [0, 0.1) is 16.0 Å². The maximum atomic E-state index is 12.8. The monoisotopic (exact) mass is 453 g/mol. The number of primary amides is 1. The molecule has 1 fully saturated rings. The van der Waals surface area contributed by atoms with E-state index in [1.54, 1.807) is 6.92 Å². The molecule has 1 saturated heterocycles. The van der Waals surface area contributed by atoms with E-state index in [9.17, 15) is 29.6 Å². The number of esters is 1. The molecule has 160 valence electrons. The van der Waals surface area contributed by atoms with Gasteiger partial charge < -0.3 is 15.6 Å². The number of non-ortho nitro benzene ring substituents is 1. The van der Waals surface area contributed by atoms with Gasteiger partial charge in [0, 0.05) is 12.1 Å². The SMILES string of the molecule is CC(SC1=C(C(=O)OCc2ccc([N+](=O)[O-])cc2)N2C(=O)[C@H]([C@@H](C)O)[C@H]2S1)C(N)=O. The van der Waals surface area contributed by atoms with E-state index < -0.39 is 45.4 Å². The van der Waals surface area contributed by atoms with Gasteiger partial charge in [-0.15, -0.1) is 11.8 Å². The molecule has 30 heavy (non-hydrogen) atoms. The van der Waals surface area contributed by atoms with Crippen LogP contribution in [-0.4, -0.2) is 49.4 Å². The Bertz CT molecular complexity index is 932. The zero-order valence-electron chi connectivity index (χ0n) is 16.0. The van der Waals surface area contributed by atoms with E-state index in [2.05, 4.69) is 0 Å². The Balaban J connectivity index is 1.77. The lowest BCUT2D eigenvalue weighted by atomic mass is 9.92. The van der Waals surface area contributed by atoms with Crippen LogP contribution in [0.5, 0.6) is 0 Å². The highest BCUT2D eigenvalue weighted by Gasteiger charge is 2.58. The van der Waals surface area contributed by atoms with Crippen molar-refractivity contribution in [2.75, 3.05) is 0 Å². The van der Waals surface area contributed by atoms with Gasteiger partial charge in [-0.25, -0.2) is 4.79 Å². The first-order chi connectivity index (χ1) is 14.1. The molecule has 10 nitrogen and oxygen atoms in total. The number of nitro groups is 1. The molecule has 0 saturated carbocycles. The molecule has 12 heteroatoms. The Morgan fingerprint density at radius 1 is 1.37 bits per heavy atom. The lowest BCUT2D eigenvalue weighted by Crippen LogP contribution is -2.60. The maximum absolute atomic E-state index is 12.8. The molecule has 0 aliphatic carbocycles. The average Bonchev–Trinajstić information content (AvgIpc) is 2.99. The second-order valence-corrected chi connectivity index (χ2v) is 9.52. The summed E-state index contributed by atoms with van der Waals surface area (Å²) in [5.41, 5.74) is 5.79. The zero-order chi connectivity index (χ0) is 22.2. The summed E-state index contributed by atoms with van der Waals surface area (Å²) in [5.74, 6) is -2.39. The second-order valence-electron chi connectivity index (χ2n) is 6.78. The molecule has 2 aliphatic heterocycles. The molecular formula is C18H19N3O7S2. The fourth-order valence-electron chi connectivity index (χ4n) is 2.97. The van der Waals surface area contributed by atoms with Crippen molar-refractivity contribution in [1.29, 1.82) is 0 Å². The van der Waals surface area contributed by atoms with Gasteiger partial charge in [0.25, 0.3) is 5.69 Å². The third kappa shape index (κ3) is 4.16. The third-order valence-corrected chi connectivity index (χ3v) is 7.38. The zero-order valence-corrected chi connectivity index (χ0v) is 17.6.